The predicted molar refractivity (Wildman–Crippen MR) is 66.4 cm³/mol. The van der Waals surface area contributed by atoms with Gasteiger partial charge in [-0.2, -0.15) is 0 Å². The highest BCUT2D eigenvalue weighted by molar-refractivity contribution is 8.13. The Labute approximate surface area is 99.7 Å². The lowest BCUT2D eigenvalue weighted by atomic mass is 10.0. The number of aryl methyl sites for hydroxylation is 1. The molecule has 0 atom stereocenters. The molecule has 0 radical (unpaired) electrons. The van der Waals surface area contributed by atoms with Crippen LogP contribution in [0.5, 0.6) is 0 Å². The molecule has 16 heavy (non-hydrogen) atoms. The van der Waals surface area contributed by atoms with Gasteiger partial charge in [-0.1, -0.05) is 11.8 Å². The second-order valence-electron chi connectivity index (χ2n) is 4.59. The molecule has 1 fully saturated rings. The standard InChI is InChI=1S/C10H17N5S/c1-10(2)4-5-16-9(13-10)11-6-8-14-12-7-15(8)3/h7H,4-6H2,1-3H3,(H,11,13). The van der Waals surface area contributed by atoms with E-state index in [0.29, 0.717) is 6.54 Å². The van der Waals surface area contributed by atoms with Crippen molar-refractivity contribution in [2.24, 2.45) is 12.0 Å². The lowest BCUT2D eigenvalue weighted by Crippen LogP contribution is -2.46. The van der Waals surface area contributed by atoms with Gasteiger partial charge < -0.3 is 9.88 Å². The Balaban J connectivity index is 2.00. The highest BCUT2D eigenvalue weighted by Crippen LogP contribution is 2.21. The number of nitrogens with zero attached hydrogens (tertiary/aromatic N) is 4. The normalized spacial score (nSPS) is 22.1. The number of aliphatic imine (C=N–C) groups is 1. The zero-order valence-corrected chi connectivity index (χ0v) is 10.7. The van der Waals surface area contributed by atoms with Crippen molar-refractivity contribution in [1.82, 2.24) is 20.1 Å². The quantitative estimate of drug-likeness (QED) is 0.842. The molecule has 6 heteroatoms. The molecule has 0 amide bonds. The summed E-state index contributed by atoms with van der Waals surface area (Å²) >= 11 is 1.77. The molecule has 1 aliphatic rings. The third-order valence-corrected chi connectivity index (χ3v) is 3.49. The van der Waals surface area contributed by atoms with Crippen LogP contribution in [0.25, 0.3) is 0 Å². The van der Waals surface area contributed by atoms with E-state index >= 15 is 0 Å². The number of amidine groups is 1. The number of aromatic nitrogens is 3. The summed E-state index contributed by atoms with van der Waals surface area (Å²) in [5, 5.41) is 12.3. The maximum atomic E-state index is 4.53. The monoisotopic (exact) mass is 239 g/mol. The zero-order chi connectivity index (χ0) is 11.6. The van der Waals surface area contributed by atoms with Gasteiger partial charge in [0.15, 0.2) is 11.0 Å². The molecule has 2 heterocycles. The molecule has 1 aromatic rings. The first-order valence-electron chi connectivity index (χ1n) is 5.35. The number of hydrogen-bond acceptors (Lipinski definition) is 4. The Morgan fingerprint density at radius 2 is 2.44 bits per heavy atom. The van der Waals surface area contributed by atoms with E-state index in [2.05, 4.69) is 34.4 Å². The minimum absolute atomic E-state index is 0.157. The van der Waals surface area contributed by atoms with Gasteiger partial charge in [0.1, 0.15) is 12.9 Å². The third-order valence-electron chi connectivity index (χ3n) is 2.58. The molecule has 1 aliphatic heterocycles. The van der Waals surface area contributed by atoms with E-state index in [-0.39, 0.29) is 5.54 Å². The van der Waals surface area contributed by atoms with Crippen LogP contribution in [-0.4, -0.2) is 31.2 Å². The van der Waals surface area contributed by atoms with Crippen LogP contribution < -0.4 is 5.32 Å². The van der Waals surface area contributed by atoms with Gasteiger partial charge in [0.25, 0.3) is 0 Å². The van der Waals surface area contributed by atoms with Crippen LogP contribution in [0, 0.1) is 0 Å². The van der Waals surface area contributed by atoms with E-state index in [4.69, 9.17) is 0 Å². The highest BCUT2D eigenvalue weighted by atomic mass is 32.2. The minimum Gasteiger partial charge on any atom is -0.360 e. The molecule has 88 valence electrons. The molecule has 0 aromatic carbocycles. The largest absolute Gasteiger partial charge is 0.360 e. The molecular weight excluding hydrogens is 222 g/mol. The van der Waals surface area contributed by atoms with Crippen molar-refractivity contribution in [3.8, 4) is 0 Å². The van der Waals surface area contributed by atoms with E-state index in [0.717, 1.165) is 16.7 Å². The fourth-order valence-electron chi connectivity index (χ4n) is 1.47. The van der Waals surface area contributed by atoms with E-state index in [1.165, 1.54) is 6.42 Å². The summed E-state index contributed by atoms with van der Waals surface area (Å²) in [6, 6.07) is 0. The smallest absolute Gasteiger partial charge is 0.157 e. The molecule has 0 spiro atoms. The van der Waals surface area contributed by atoms with Crippen LogP contribution in [0.4, 0.5) is 0 Å². The molecule has 0 unspecified atom stereocenters. The highest BCUT2D eigenvalue weighted by Gasteiger charge is 2.24. The number of nitrogens with one attached hydrogen (secondary N) is 1. The topological polar surface area (TPSA) is 55.1 Å². The van der Waals surface area contributed by atoms with Crippen molar-refractivity contribution in [1.29, 1.82) is 0 Å². The van der Waals surface area contributed by atoms with Gasteiger partial charge in [-0.3, -0.25) is 4.99 Å². The molecule has 1 aromatic heterocycles. The van der Waals surface area contributed by atoms with Crippen molar-refractivity contribution in [2.75, 3.05) is 5.75 Å². The van der Waals surface area contributed by atoms with Crippen LogP contribution in [0.3, 0.4) is 0 Å². The maximum absolute atomic E-state index is 4.53. The maximum Gasteiger partial charge on any atom is 0.157 e. The van der Waals surface area contributed by atoms with Crippen molar-refractivity contribution in [3.05, 3.63) is 12.2 Å². The average molecular weight is 239 g/mol. The van der Waals surface area contributed by atoms with Gasteiger partial charge in [-0.05, 0) is 20.3 Å². The average Bonchev–Trinajstić information content (AvgIpc) is 2.60. The number of hydrogen-bond donors (Lipinski definition) is 1. The molecule has 0 bridgehead atoms. The van der Waals surface area contributed by atoms with Crippen LogP contribution in [0.1, 0.15) is 26.1 Å². The molecule has 0 saturated carbocycles. The van der Waals surface area contributed by atoms with Crippen molar-refractivity contribution >= 4 is 16.9 Å². The first kappa shape index (κ1) is 11.4. The Bertz CT molecular complexity index is 396. The van der Waals surface area contributed by atoms with Crippen LogP contribution in [0.2, 0.25) is 0 Å². The van der Waals surface area contributed by atoms with Crippen molar-refractivity contribution in [3.63, 3.8) is 0 Å². The van der Waals surface area contributed by atoms with Gasteiger partial charge in [0, 0.05) is 18.3 Å². The van der Waals surface area contributed by atoms with Crippen LogP contribution in [0.15, 0.2) is 11.3 Å². The SMILES string of the molecule is Cn1cnnc1CN=C1NC(C)(C)CCS1. The van der Waals surface area contributed by atoms with Crippen LogP contribution in [-0.2, 0) is 13.6 Å². The van der Waals surface area contributed by atoms with E-state index in [9.17, 15) is 0 Å². The lowest BCUT2D eigenvalue weighted by Gasteiger charge is -2.32. The molecule has 0 aliphatic carbocycles. The van der Waals surface area contributed by atoms with Crippen molar-refractivity contribution < 1.29 is 0 Å². The van der Waals surface area contributed by atoms with Gasteiger partial charge in [-0.15, -0.1) is 10.2 Å². The Kier molecular flexibility index (Phi) is 3.18. The molecule has 5 nitrogen and oxygen atoms in total. The lowest BCUT2D eigenvalue weighted by molar-refractivity contribution is 0.446. The summed E-state index contributed by atoms with van der Waals surface area (Å²) < 4.78 is 1.89. The molecular formula is C10H17N5S. The number of thioether (sulfide) groups is 1. The first-order valence-corrected chi connectivity index (χ1v) is 6.34. The first-order chi connectivity index (χ1) is 7.57. The predicted octanol–water partition coefficient (Wildman–Crippen LogP) is 1.18. The molecule has 1 N–H and O–H groups in total. The van der Waals surface area contributed by atoms with Gasteiger partial charge in [0.05, 0.1) is 0 Å². The summed E-state index contributed by atoms with van der Waals surface area (Å²) in [4.78, 5) is 4.53. The molecule has 2 rings (SSSR count). The van der Waals surface area contributed by atoms with E-state index in [1.54, 1.807) is 18.1 Å². The summed E-state index contributed by atoms with van der Waals surface area (Å²) in [6.07, 6.45) is 2.86. The van der Waals surface area contributed by atoms with Gasteiger partial charge in [0.2, 0.25) is 0 Å². The second kappa shape index (κ2) is 4.45. The van der Waals surface area contributed by atoms with Gasteiger partial charge >= 0.3 is 0 Å². The van der Waals surface area contributed by atoms with Crippen LogP contribution >= 0.6 is 11.8 Å². The van der Waals surface area contributed by atoms with Gasteiger partial charge in [-0.25, -0.2) is 0 Å². The van der Waals surface area contributed by atoms with E-state index < -0.39 is 0 Å². The minimum atomic E-state index is 0.157. The number of rotatable bonds is 2. The Morgan fingerprint density at radius 3 is 3.06 bits per heavy atom. The van der Waals surface area contributed by atoms with E-state index in [1.807, 2.05) is 11.6 Å². The summed E-state index contributed by atoms with van der Waals surface area (Å²) in [5.74, 6) is 2.01. The summed E-state index contributed by atoms with van der Waals surface area (Å²) in [6.45, 7) is 4.98. The Hall–Kier alpha value is -1.04. The summed E-state index contributed by atoms with van der Waals surface area (Å²) in [5.41, 5.74) is 0.157. The zero-order valence-electron chi connectivity index (χ0n) is 9.90. The second-order valence-corrected chi connectivity index (χ2v) is 5.67. The molecule has 1 saturated heterocycles. The Morgan fingerprint density at radius 1 is 1.62 bits per heavy atom. The fraction of sp³-hybridized carbons (Fsp3) is 0.700. The fourth-order valence-corrected chi connectivity index (χ4v) is 2.78. The summed E-state index contributed by atoms with van der Waals surface area (Å²) in [7, 11) is 1.93. The van der Waals surface area contributed by atoms with Crippen molar-refractivity contribution in [2.45, 2.75) is 32.4 Å². The third kappa shape index (κ3) is 2.75.